The monoisotopic (exact) mass is 353 g/mol. The van der Waals surface area contributed by atoms with Gasteiger partial charge >= 0.3 is 6.03 Å². The average Bonchev–Trinajstić information content (AvgIpc) is 2.93. The molecule has 5 nitrogen and oxygen atoms in total. The van der Waals surface area contributed by atoms with Crippen molar-refractivity contribution in [2.75, 3.05) is 24.5 Å². The molecule has 2 unspecified atom stereocenters. The molecular weight excluding hydrogens is 326 g/mol. The quantitative estimate of drug-likeness (QED) is 0.888. The molecular formula is C21H27N3O2. The fourth-order valence-electron chi connectivity index (χ4n) is 5.99. The van der Waals surface area contributed by atoms with E-state index in [2.05, 4.69) is 10.2 Å². The first-order chi connectivity index (χ1) is 12.6. The number of hydrogen-bond donors (Lipinski definition) is 1. The number of carbonyl (C=O) groups is 2. The van der Waals surface area contributed by atoms with Gasteiger partial charge in [-0.25, -0.2) is 4.79 Å². The normalized spacial score (nSPS) is 32.7. The van der Waals surface area contributed by atoms with Gasteiger partial charge < -0.3 is 10.2 Å². The Hall–Kier alpha value is -2.04. The molecule has 2 aliphatic carbocycles. The van der Waals surface area contributed by atoms with E-state index in [9.17, 15) is 9.59 Å². The fourth-order valence-corrected chi connectivity index (χ4v) is 5.99. The van der Waals surface area contributed by atoms with E-state index in [1.165, 1.54) is 32.1 Å². The van der Waals surface area contributed by atoms with E-state index < -0.39 is 0 Å². The van der Waals surface area contributed by atoms with Gasteiger partial charge in [0.25, 0.3) is 5.91 Å². The molecule has 26 heavy (non-hydrogen) atoms. The Morgan fingerprint density at radius 3 is 2.46 bits per heavy atom. The first-order valence-electron chi connectivity index (χ1n) is 10.1. The minimum absolute atomic E-state index is 0.0484. The third kappa shape index (κ3) is 2.60. The molecule has 4 bridgehead atoms. The van der Waals surface area contributed by atoms with Crippen LogP contribution in [0.4, 0.5) is 10.5 Å². The number of amides is 3. The van der Waals surface area contributed by atoms with Crippen LogP contribution < -0.4 is 10.2 Å². The van der Waals surface area contributed by atoms with E-state index in [0.29, 0.717) is 25.0 Å². The van der Waals surface area contributed by atoms with E-state index in [0.717, 1.165) is 35.2 Å². The van der Waals surface area contributed by atoms with Crippen molar-refractivity contribution < 1.29 is 9.59 Å². The zero-order valence-corrected chi connectivity index (χ0v) is 15.4. The maximum Gasteiger partial charge on any atom is 0.322 e. The van der Waals surface area contributed by atoms with Crippen LogP contribution in [0.15, 0.2) is 18.2 Å². The summed E-state index contributed by atoms with van der Waals surface area (Å²) in [7, 11) is 0. The Labute approximate surface area is 154 Å². The van der Waals surface area contributed by atoms with Crippen LogP contribution in [0.5, 0.6) is 0 Å². The van der Waals surface area contributed by atoms with E-state index in [-0.39, 0.29) is 11.9 Å². The molecule has 2 atom stereocenters. The fraction of sp³-hybridized carbons (Fsp3) is 0.619. The zero-order valence-electron chi connectivity index (χ0n) is 15.4. The third-order valence-electron chi connectivity index (χ3n) is 6.96. The molecule has 0 aromatic heterocycles. The Kier molecular flexibility index (Phi) is 3.73. The second kappa shape index (κ2) is 6.00. The number of fused-ring (bicyclic) bond motifs is 1. The molecule has 5 aliphatic rings. The van der Waals surface area contributed by atoms with Gasteiger partial charge in [-0.2, -0.15) is 0 Å². The molecule has 3 aliphatic heterocycles. The van der Waals surface area contributed by atoms with Crippen molar-refractivity contribution >= 4 is 17.6 Å². The number of carbonyl (C=O) groups excluding carboxylic acids is 2. The number of anilines is 1. The van der Waals surface area contributed by atoms with Crippen LogP contribution in [0.3, 0.4) is 0 Å². The molecule has 1 aromatic rings. The van der Waals surface area contributed by atoms with E-state index in [1.807, 2.05) is 25.1 Å². The van der Waals surface area contributed by atoms with E-state index in [4.69, 9.17) is 0 Å². The Morgan fingerprint density at radius 2 is 1.81 bits per heavy atom. The standard InChI is InChI=1S/C21H27N3O2/c1-13-6-17(2-3-19(13)23-5-4-22-21(23)26)20(25)24-12-16-8-14-7-15(9-16)11-18(24)10-14/h2-3,6,14-16,18H,4-5,7-12H2,1H3,(H,22,26). The van der Waals surface area contributed by atoms with Crippen molar-refractivity contribution in [1.29, 1.82) is 0 Å². The smallest absolute Gasteiger partial charge is 0.322 e. The van der Waals surface area contributed by atoms with Crippen LogP contribution in [0, 0.1) is 24.7 Å². The topological polar surface area (TPSA) is 52.7 Å². The highest BCUT2D eigenvalue weighted by Crippen LogP contribution is 2.47. The van der Waals surface area contributed by atoms with Crippen LogP contribution >= 0.6 is 0 Å². The lowest BCUT2D eigenvalue weighted by atomic mass is 9.68. The summed E-state index contributed by atoms with van der Waals surface area (Å²) in [6, 6.07) is 6.20. The maximum absolute atomic E-state index is 13.3. The largest absolute Gasteiger partial charge is 0.336 e. The summed E-state index contributed by atoms with van der Waals surface area (Å²) >= 11 is 0. The van der Waals surface area contributed by atoms with Crippen LogP contribution in [0.25, 0.3) is 0 Å². The van der Waals surface area contributed by atoms with Crippen LogP contribution in [-0.4, -0.2) is 42.5 Å². The molecule has 3 heterocycles. The molecule has 5 fully saturated rings. The van der Waals surface area contributed by atoms with Gasteiger partial charge in [-0.05, 0) is 80.5 Å². The van der Waals surface area contributed by atoms with Crippen molar-refractivity contribution in [2.45, 2.75) is 45.1 Å². The second-order valence-electron chi connectivity index (χ2n) is 8.77. The predicted octanol–water partition coefficient (Wildman–Crippen LogP) is 3.18. The maximum atomic E-state index is 13.3. The molecule has 3 saturated heterocycles. The molecule has 6 rings (SSSR count). The molecule has 1 aromatic carbocycles. The third-order valence-corrected chi connectivity index (χ3v) is 6.96. The van der Waals surface area contributed by atoms with Gasteiger partial charge in [0.05, 0.1) is 0 Å². The number of nitrogens with zero attached hydrogens (tertiary/aromatic N) is 2. The minimum atomic E-state index is -0.0484. The van der Waals surface area contributed by atoms with Crippen molar-refractivity contribution in [2.24, 2.45) is 17.8 Å². The summed E-state index contributed by atoms with van der Waals surface area (Å²) in [5.41, 5.74) is 2.67. The molecule has 2 saturated carbocycles. The Morgan fingerprint density at radius 1 is 1.08 bits per heavy atom. The van der Waals surface area contributed by atoms with Crippen LogP contribution in [0.1, 0.15) is 48.0 Å². The Bertz CT molecular complexity index is 748. The second-order valence-corrected chi connectivity index (χ2v) is 8.77. The van der Waals surface area contributed by atoms with E-state index >= 15 is 0 Å². The zero-order chi connectivity index (χ0) is 17.8. The first kappa shape index (κ1) is 16.2. The summed E-state index contributed by atoms with van der Waals surface area (Å²) in [5.74, 6) is 2.56. The predicted molar refractivity (Wildman–Crippen MR) is 100 cm³/mol. The van der Waals surface area contributed by atoms with Crippen molar-refractivity contribution in [1.82, 2.24) is 10.2 Å². The highest BCUT2D eigenvalue weighted by atomic mass is 16.2. The Balaban J connectivity index is 1.40. The number of benzene rings is 1. The minimum Gasteiger partial charge on any atom is -0.336 e. The van der Waals surface area contributed by atoms with Gasteiger partial charge in [-0.15, -0.1) is 0 Å². The number of urea groups is 1. The molecule has 138 valence electrons. The van der Waals surface area contributed by atoms with Gasteiger partial charge in [0.1, 0.15) is 0 Å². The number of aryl methyl sites for hydroxylation is 1. The van der Waals surface area contributed by atoms with E-state index in [1.54, 1.807) is 4.90 Å². The highest BCUT2D eigenvalue weighted by molar-refractivity contribution is 5.98. The lowest BCUT2D eigenvalue weighted by Gasteiger charge is -2.39. The lowest BCUT2D eigenvalue weighted by molar-refractivity contribution is 0.0632. The van der Waals surface area contributed by atoms with Crippen molar-refractivity contribution in [3.63, 3.8) is 0 Å². The van der Waals surface area contributed by atoms with Gasteiger partial charge in [-0.3, -0.25) is 9.69 Å². The van der Waals surface area contributed by atoms with Gasteiger partial charge in [0.15, 0.2) is 0 Å². The van der Waals surface area contributed by atoms with Gasteiger partial charge in [-0.1, -0.05) is 0 Å². The number of rotatable bonds is 2. The summed E-state index contributed by atoms with van der Waals surface area (Å²) < 4.78 is 0. The van der Waals surface area contributed by atoms with Crippen LogP contribution in [-0.2, 0) is 0 Å². The SMILES string of the molecule is Cc1cc(C(=O)N2CC3CC4CC(C3)CC2C4)ccc1N1CCNC1=O. The first-order valence-corrected chi connectivity index (χ1v) is 10.1. The van der Waals surface area contributed by atoms with Crippen LogP contribution in [0.2, 0.25) is 0 Å². The lowest BCUT2D eigenvalue weighted by Crippen LogP contribution is -2.42. The summed E-state index contributed by atoms with van der Waals surface area (Å²) in [5, 5.41) is 2.84. The highest BCUT2D eigenvalue weighted by Gasteiger charge is 2.44. The van der Waals surface area contributed by atoms with Gasteiger partial charge in [0.2, 0.25) is 0 Å². The summed E-state index contributed by atoms with van der Waals surface area (Å²) in [6.07, 6.45) is 6.42. The molecule has 0 spiro atoms. The number of hydrogen-bond acceptors (Lipinski definition) is 2. The summed E-state index contributed by atoms with van der Waals surface area (Å²) in [6.45, 7) is 4.29. The van der Waals surface area contributed by atoms with Crippen molar-refractivity contribution in [3.05, 3.63) is 29.3 Å². The summed E-state index contributed by atoms with van der Waals surface area (Å²) in [4.78, 5) is 29.2. The average molecular weight is 353 g/mol. The molecule has 1 N–H and O–H groups in total. The van der Waals surface area contributed by atoms with Gasteiger partial charge in [0, 0.05) is 36.9 Å². The molecule has 0 radical (unpaired) electrons. The van der Waals surface area contributed by atoms with Crippen molar-refractivity contribution in [3.8, 4) is 0 Å². The molecule has 5 heteroatoms. The molecule has 3 amide bonds. The number of nitrogens with one attached hydrogen (secondary N) is 1.